The van der Waals surface area contributed by atoms with Crippen molar-refractivity contribution in [3.05, 3.63) is 45.3 Å². The Kier molecular flexibility index (Phi) is 3.12. The van der Waals surface area contributed by atoms with E-state index in [0.717, 1.165) is 0 Å². The Labute approximate surface area is 104 Å². The summed E-state index contributed by atoms with van der Waals surface area (Å²) >= 11 is 8.90. The molecule has 0 spiro atoms. The summed E-state index contributed by atoms with van der Waals surface area (Å²) in [6.45, 7) is 0. The molecule has 82 valence electrons. The van der Waals surface area contributed by atoms with Crippen molar-refractivity contribution in [1.82, 2.24) is 0 Å². The fraction of sp³-hybridized carbons (Fsp3) is 0. The topological polar surface area (TPSA) is 30.2 Å². The minimum atomic E-state index is -0.573. The van der Waals surface area contributed by atoms with Gasteiger partial charge in [-0.3, -0.25) is 4.79 Å². The van der Waals surface area contributed by atoms with Crippen LogP contribution in [0.2, 0.25) is 5.02 Å². The van der Waals surface area contributed by atoms with Gasteiger partial charge in [-0.05, 0) is 24.3 Å². The van der Waals surface area contributed by atoms with E-state index < -0.39 is 5.82 Å². The lowest BCUT2D eigenvalue weighted by atomic mass is 10.1. The molecule has 5 heteroatoms. The van der Waals surface area contributed by atoms with Gasteiger partial charge >= 0.3 is 0 Å². The van der Waals surface area contributed by atoms with Gasteiger partial charge in [0, 0.05) is 4.47 Å². The summed E-state index contributed by atoms with van der Waals surface area (Å²) in [7, 11) is 0. The largest absolute Gasteiger partial charge is 0.453 e. The molecule has 1 aromatic carbocycles. The number of carbonyl (C=O) groups excluding carboxylic acids is 1. The molecular formula is C11H5BrClFO2. The van der Waals surface area contributed by atoms with Crippen LogP contribution in [0.25, 0.3) is 11.3 Å². The van der Waals surface area contributed by atoms with Crippen molar-refractivity contribution in [3.63, 3.8) is 0 Å². The number of carbonyl (C=O) groups is 1. The summed E-state index contributed by atoms with van der Waals surface area (Å²) in [6.07, 6.45) is 0.557. The second-order valence-electron chi connectivity index (χ2n) is 3.07. The molecule has 0 fully saturated rings. The van der Waals surface area contributed by atoms with Crippen LogP contribution in [0.5, 0.6) is 0 Å². The molecule has 0 saturated heterocycles. The average Bonchev–Trinajstić information content (AvgIpc) is 2.71. The second-order valence-corrected chi connectivity index (χ2v) is 4.39. The van der Waals surface area contributed by atoms with Gasteiger partial charge in [0.1, 0.15) is 5.76 Å². The minimum Gasteiger partial charge on any atom is -0.453 e. The van der Waals surface area contributed by atoms with Gasteiger partial charge in [0.05, 0.1) is 10.6 Å². The average molecular weight is 304 g/mol. The highest BCUT2D eigenvalue weighted by atomic mass is 79.9. The maximum absolute atomic E-state index is 13.7. The van der Waals surface area contributed by atoms with Gasteiger partial charge in [0.15, 0.2) is 17.9 Å². The quantitative estimate of drug-likeness (QED) is 0.611. The Morgan fingerprint density at radius 2 is 2.12 bits per heavy atom. The number of aldehydes is 1. The van der Waals surface area contributed by atoms with E-state index in [9.17, 15) is 9.18 Å². The molecule has 0 aliphatic heterocycles. The number of rotatable bonds is 2. The molecule has 1 aromatic heterocycles. The Balaban J connectivity index is 2.58. The van der Waals surface area contributed by atoms with Crippen LogP contribution in [0.3, 0.4) is 0 Å². The van der Waals surface area contributed by atoms with Gasteiger partial charge < -0.3 is 4.42 Å². The second kappa shape index (κ2) is 4.39. The Bertz CT molecular complexity index is 551. The lowest BCUT2D eigenvalue weighted by molar-refractivity contribution is 0.110. The van der Waals surface area contributed by atoms with Crippen molar-refractivity contribution in [2.24, 2.45) is 0 Å². The molecule has 1 heterocycles. The molecule has 0 amide bonds. The zero-order valence-electron chi connectivity index (χ0n) is 7.84. The highest BCUT2D eigenvalue weighted by Crippen LogP contribution is 2.32. The normalized spacial score (nSPS) is 10.4. The van der Waals surface area contributed by atoms with Crippen LogP contribution in [0.1, 0.15) is 10.6 Å². The number of benzene rings is 1. The van der Waals surface area contributed by atoms with Crippen molar-refractivity contribution in [2.75, 3.05) is 0 Å². The predicted molar refractivity (Wildman–Crippen MR) is 62.2 cm³/mol. The fourth-order valence-corrected chi connectivity index (χ4v) is 2.11. The van der Waals surface area contributed by atoms with E-state index in [0.29, 0.717) is 10.8 Å². The molecule has 2 aromatic rings. The molecule has 0 N–H and O–H groups in total. The van der Waals surface area contributed by atoms with Crippen molar-refractivity contribution in [2.45, 2.75) is 0 Å². The molecule has 0 aliphatic carbocycles. The van der Waals surface area contributed by atoms with E-state index >= 15 is 0 Å². The summed E-state index contributed by atoms with van der Waals surface area (Å²) in [5.41, 5.74) is 0.215. The molecule has 0 radical (unpaired) electrons. The van der Waals surface area contributed by atoms with Crippen LogP contribution in [0.15, 0.2) is 33.2 Å². The zero-order chi connectivity index (χ0) is 11.7. The summed E-state index contributed by atoms with van der Waals surface area (Å²) in [5.74, 6) is -0.162. The third-order valence-corrected chi connectivity index (χ3v) is 2.73. The molecule has 2 rings (SSSR count). The van der Waals surface area contributed by atoms with Crippen LogP contribution in [-0.2, 0) is 0 Å². The first-order valence-corrected chi connectivity index (χ1v) is 5.49. The highest BCUT2D eigenvalue weighted by molar-refractivity contribution is 9.10. The van der Waals surface area contributed by atoms with Crippen LogP contribution in [0.4, 0.5) is 4.39 Å². The van der Waals surface area contributed by atoms with Crippen LogP contribution in [-0.4, -0.2) is 6.29 Å². The summed E-state index contributed by atoms with van der Waals surface area (Å²) in [4.78, 5) is 10.4. The Morgan fingerprint density at radius 1 is 1.38 bits per heavy atom. The lowest BCUT2D eigenvalue weighted by Gasteiger charge is -2.02. The van der Waals surface area contributed by atoms with Crippen molar-refractivity contribution >= 4 is 33.8 Å². The van der Waals surface area contributed by atoms with Crippen LogP contribution in [0, 0.1) is 5.82 Å². The standard InChI is InChI=1S/C11H5BrClFO2/c12-6-3-8(11(14)9(13)4-6)10-2-1-7(5-15)16-10/h1-5H. The molecule has 0 aliphatic rings. The Morgan fingerprint density at radius 3 is 2.75 bits per heavy atom. The maximum Gasteiger partial charge on any atom is 0.185 e. The number of halogens is 3. The molecule has 16 heavy (non-hydrogen) atoms. The third kappa shape index (κ3) is 2.03. The van der Waals surface area contributed by atoms with Gasteiger partial charge in [-0.25, -0.2) is 4.39 Å². The van der Waals surface area contributed by atoms with E-state index in [1.807, 2.05) is 0 Å². The maximum atomic E-state index is 13.7. The number of hydrogen-bond donors (Lipinski definition) is 0. The van der Waals surface area contributed by atoms with Crippen molar-refractivity contribution < 1.29 is 13.6 Å². The first-order chi connectivity index (χ1) is 7.61. The summed E-state index contributed by atoms with van der Waals surface area (Å²) in [6, 6.07) is 5.97. The van der Waals surface area contributed by atoms with Gasteiger partial charge in [-0.2, -0.15) is 0 Å². The van der Waals surface area contributed by atoms with Gasteiger partial charge in [-0.1, -0.05) is 27.5 Å². The zero-order valence-corrected chi connectivity index (χ0v) is 10.2. The van der Waals surface area contributed by atoms with Gasteiger partial charge in [0.25, 0.3) is 0 Å². The number of furan rings is 1. The van der Waals surface area contributed by atoms with Crippen LogP contribution < -0.4 is 0 Å². The van der Waals surface area contributed by atoms with E-state index in [1.165, 1.54) is 24.3 Å². The molecule has 0 atom stereocenters. The fourth-order valence-electron chi connectivity index (χ4n) is 1.30. The van der Waals surface area contributed by atoms with Crippen LogP contribution >= 0.6 is 27.5 Å². The first-order valence-electron chi connectivity index (χ1n) is 4.31. The molecule has 0 bridgehead atoms. The third-order valence-electron chi connectivity index (χ3n) is 2.00. The predicted octanol–water partition coefficient (Wildman–Crippen LogP) is 4.31. The minimum absolute atomic E-state index is 0.00609. The summed E-state index contributed by atoms with van der Waals surface area (Å²) in [5, 5.41) is -0.00609. The Hall–Kier alpha value is -1.13. The van der Waals surface area contributed by atoms with E-state index in [2.05, 4.69) is 15.9 Å². The van der Waals surface area contributed by atoms with E-state index in [1.54, 1.807) is 0 Å². The first kappa shape index (κ1) is 11.4. The van der Waals surface area contributed by atoms with Gasteiger partial charge in [-0.15, -0.1) is 0 Å². The van der Waals surface area contributed by atoms with E-state index in [4.69, 9.17) is 16.0 Å². The molecular weight excluding hydrogens is 298 g/mol. The molecule has 2 nitrogen and oxygen atoms in total. The van der Waals surface area contributed by atoms with Gasteiger partial charge in [0.2, 0.25) is 0 Å². The monoisotopic (exact) mass is 302 g/mol. The SMILES string of the molecule is O=Cc1ccc(-c2cc(Br)cc(Cl)c2F)o1. The lowest BCUT2D eigenvalue weighted by Crippen LogP contribution is -1.84. The van der Waals surface area contributed by atoms with Crippen molar-refractivity contribution in [3.8, 4) is 11.3 Å². The van der Waals surface area contributed by atoms with Crippen molar-refractivity contribution in [1.29, 1.82) is 0 Å². The molecule has 0 saturated carbocycles. The smallest absolute Gasteiger partial charge is 0.185 e. The van der Waals surface area contributed by atoms with E-state index in [-0.39, 0.29) is 22.1 Å². The summed E-state index contributed by atoms with van der Waals surface area (Å²) < 4.78 is 19.4. The highest BCUT2D eigenvalue weighted by Gasteiger charge is 2.13. The molecule has 0 unspecified atom stereocenters. The number of hydrogen-bond acceptors (Lipinski definition) is 2.